The number of carbonyl (C=O) groups is 1. The lowest BCUT2D eigenvalue weighted by atomic mass is 10.0. The lowest BCUT2D eigenvalue weighted by Gasteiger charge is -2.16. The summed E-state index contributed by atoms with van der Waals surface area (Å²) in [5, 5.41) is 15.9. The number of carboxylic acid groups (broad SMARTS) is 1. The van der Waals surface area contributed by atoms with Crippen molar-refractivity contribution in [3.8, 4) is 0 Å². The molecule has 28 heavy (non-hydrogen) atoms. The molecule has 1 aromatic heterocycles. The van der Waals surface area contributed by atoms with Crippen molar-refractivity contribution in [3.63, 3.8) is 0 Å². The molecule has 0 aliphatic heterocycles. The van der Waals surface area contributed by atoms with Gasteiger partial charge in [0.25, 0.3) is 0 Å². The Hall–Kier alpha value is -3.41. The minimum atomic E-state index is -0.989. The van der Waals surface area contributed by atoms with Gasteiger partial charge in [-0.25, -0.2) is 9.78 Å². The molecule has 0 bridgehead atoms. The molecule has 1 heterocycles. The van der Waals surface area contributed by atoms with Crippen LogP contribution in [0.1, 0.15) is 41.0 Å². The van der Waals surface area contributed by atoms with Crippen LogP contribution >= 0.6 is 0 Å². The summed E-state index contributed by atoms with van der Waals surface area (Å²) in [6.07, 6.45) is 1.80. The molecule has 0 amide bonds. The molecule has 0 unspecified atom stereocenters. The minimum absolute atomic E-state index is 0.192. The van der Waals surface area contributed by atoms with Gasteiger partial charge in [-0.3, -0.25) is 0 Å². The average molecular weight is 376 g/mol. The molecule has 144 valence electrons. The Morgan fingerprint density at radius 2 is 1.64 bits per heavy atom. The number of carboxylic acids is 1. The van der Waals surface area contributed by atoms with Crippen molar-refractivity contribution in [2.75, 3.05) is 10.6 Å². The summed E-state index contributed by atoms with van der Waals surface area (Å²) >= 11 is 0. The molecule has 6 heteroatoms. The van der Waals surface area contributed by atoms with Gasteiger partial charge in [0.1, 0.15) is 5.82 Å². The van der Waals surface area contributed by atoms with E-state index in [1.54, 1.807) is 30.3 Å². The third-order valence-electron chi connectivity index (χ3n) is 4.51. The first-order valence-corrected chi connectivity index (χ1v) is 9.34. The number of nitrogens with zero attached hydrogens (tertiary/aromatic N) is 2. The Balaban J connectivity index is 1.95. The summed E-state index contributed by atoms with van der Waals surface area (Å²) in [7, 11) is 0. The molecule has 3 rings (SSSR count). The van der Waals surface area contributed by atoms with Crippen LogP contribution in [0.25, 0.3) is 0 Å². The van der Waals surface area contributed by atoms with E-state index in [-0.39, 0.29) is 5.56 Å². The van der Waals surface area contributed by atoms with E-state index < -0.39 is 5.97 Å². The predicted octanol–water partition coefficient (Wildman–Crippen LogP) is 5.10. The third-order valence-corrected chi connectivity index (χ3v) is 4.51. The van der Waals surface area contributed by atoms with E-state index in [1.165, 1.54) is 11.1 Å². The van der Waals surface area contributed by atoms with Crippen LogP contribution in [-0.4, -0.2) is 21.0 Å². The van der Waals surface area contributed by atoms with Crippen molar-refractivity contribution in [3.05, 3.63) is 70.9 Å². The molecule has 0 saturated carbocycles. The number of nitrogens with one attached hydrogen (secondary N) is 2. The van der Waals surface area contributed by atoms with Crippen molar-refractivity contribution in [1.29, 1.82) is 0 Å². The monoisotopic (exact) mass is 376 g/mol. The van der Waals surface area contributed by atoms with Crippen molar-refractivity contribution in [2.45, 2.75) is 33.6 Å². The molecular formula is C22H24N4O2. The molecule has 6 nitrogen and oxygen atoms in total. The first-order valence-electron chi connectivity index (χ1n) is 9.34. The SMILES string of the molecule is CCc1cccc(CC)c1Nc1nc(C)cc(Nc2ccccc2C(=O)O)n1. The fourth-order valence-electron chi connectivity index (χ4n) is 3.12. The summed E-state index contributed by atoms with van der Waals surface area (Å²) in [6, 6.07) is 14.8. The lowest BCUT2D eigenvalue weighted by Crippen LogP contribution is -2.07. The zero-order valence-corrected chi connectivity index (χ0v) is 16.3. The molecule has 3 aromatic rings. The Bertz CT molecular complexity index is 979. The Morgan fingerprint density at radius 1 is 0.964 bits per heavy atom. The van der Waals surface area contributed by atoms with Crippen LogP contribution in [-0.2, 0) is 12.8 Å². The van der Waals surface area contributed by atoms with Gasteiger partial charge in [-0.05, 0) is 43.0 Å². The van der Waals surface area contributed by atoms with E-state index >= 15 is 0 Å². The molecule has 2 aromatic carbocycles. The van der Waals surface area contributed by atoms with E-state index in [0.717, 1.165) is 24.2 Å². The van der Waals surface area contributed by atoms with Crippen LogP contribution < -0.4 is 10.6 Å². The quantitative estimate of drug-likeness (QED) is 0.532. The number of aryl methyl sites for hydroxylation is 3. The second-order valence-electron chi connectivity index (χ2n) is 6.48. The predicted molar refractivity (Wildman–Crippen MR) is 112 cm³/mol. The standard InChI is InChI=1S/C22H24N4O2/c1-4-15-9-8-10-16(5-2)20(15)26-22-23-14(3)13-19(25-22)24-18-12-7-6-11-17(18)21(27)28/h6-13H,4-5H2,1-3H3,(H,27,28)(H2,23,24,25,26). The minimum Gasteiger partial charge on any atom is -0.478 e. The first-order chi connectivity index (χ1) is 13.5. The zero-order chi connectivity index (χ0) is 20.1. The molecular weight excluding hydrogens is 352 g/mol. The number of benzene rings is 2. The van der Waals surface area contributed by atoms with E-state index in [2.05, 4.69) is 52.6 Å². The molecule has 0 saturated heterocycles. The van der Waals surface area contributed by atoms with Crippen molar-refractivity contribution in [2.24, 2.45) is 0 Å². The van der Waals surface area contributed by atoms with E-state index in [4.69, 9.17) is 0 Å². The summed E-state index contributed by atoms with van der Waals surface area (Å²) in [5.74, 6) is 0.0262. The van der Waals surface area contributed by atoms with Gasteiger partial charge in [-0.1, -0.05) is 44.2 Å². The van der Waals surface area contributed by atoms with Crippen LogP contribution in [0.3, 0.4) is 0 Å². The second kappa shape index (κ2) is 8.52. The highest BCUT2D eigenvalue weighted by Crippen LogP contribution is 2.27. The van der Waals surface area contributed by atoms with Crippen molar-refractivity contribution < 1.29 is 9.90 Å². The van der Waals surface area contributed by atoms with Gasteiger partial charge in [-0.2, -0.15) is 4.98 Å². The summed E-state index contributed by atoms with van der Waals surface area (Å²) < 4.78 is 0. The van der Waals surface area contributed by atoms with Crippen LogP contribution in [0, 0.1) is 6.92 Å². The Kier molecular flexibility index (Phi) is 5.89. The highest BCUT2D eigenvalue weighted by molar-refractivity contribution is 5.95. The van der Waals surface area contributed by atoms with Gasteiger partial charge >= 0.3 is 5.97 Å². The Morgan fingerprint density at radius 3 is 2.29 bits per heavy atom. The number of rotatable bonds is 7. The van der Waals surface area contributed by atoms with E-state index in [0.29, 0.717) is 17.5 Å². The highest BCUT2D eigenvalue weighted by Gasteiger charge is 2.12. The van der Waals surface area contributed by atoms with Gasteiger partial charge in [0.15, 0.2) is 0 Å². The van der Waals surface area contributed by atoms with Crippen LogP contribution in [0.2, 0.25) is 0 Å². The van der Waals surface area contributed by atoms with Gasteiger partial charge in [-0.15, -0.1) is 0 Å². The van der Waals surface area contributed by atoms with E-state index in [9.17, 15) is 9.90 Å². The molecule has 3 N–H and O–H groups in total. The van der Waals surface area contributed by atoms with Crippen LogP contribution in [0.5, 0.6) is 0 Å². The number of anilines is 4. The number of hydrogen-bond acceptors (Lipinski definition) is 5. The van der Waals surface area contributed by atoms with Crippen LogP contribution in [0.15, 0.2) is 48.5 Å². The lowest BCUT2D eigenvalue weighted by molar-refractivity contribution is 0.0698. The number of aromatic nitrogens is 2. The first kappa shape index (κ1) is 19.4. The summed E-state index contributed by atoms with van der Waals surface area (Å²) in [4.78, 5) is 20.5. The maximum absolute atomic E-state index is 11.4. The molecule has 0 aliphatic rings. The van der Waals surface area contributed by atoms with Gasteiger partial charge < -0.3 is 15.7 Å². The number of aromatic carboxylic acids is 1. The normalized spacial score (nSPS) is 10.5. The number of hydrogen-bond donors (Lipinski definition) is 3. The second-order valence-corrected chi connectivity index (χ2v) is 6.48. The van der Waals surface area contributed by atoms with Gasteiger partial charge in [0.05, 0.1) is 11.3 Å². The highest BCUT2D eigenvalue weighted by atomic mass is 16.4. The summed E-state index contributed by atoms with van der Waals surface area (Å²) in [5.41, 5.74) is 4.90. The zero-order valence-electron chi connectivity index (χ0n) is 16.3. The molecule has 0 radical (unpaired) electrons. The molecule has 0 atom stereocenters. The van der Waals surface area contributed by atoms with E-state index in [1.807, 2.05) is 6.92 Å². The molecule has 0 aliphatic carbocycles. The topological polar surface area (TPSA) is 87.1 Å². The summed E-state index contributed by atoms with van der Waals surface area (Å²) in [6.45, 7) is 6.12. The fourth-order valence-corrected chi connectivity index (χ4v) is 3.12. The maximum Gasteiger partial charge on any atom is 0.337 e. The van der Waals surface area contributed by atoms with Gasteiger partial charge in [0, 0.05) is 17.4 Å². The van der Waals surface area contributed by atoms with Gasteiger partial charge in [0.2, 0.25) is 5.95 Å². The smallest absolute Gasteiger partial charge is 0.337 e. The number of para-hydroxylation sites is 2. The molecule has 0 spiro atoms. The third kappa shape index (κ3) is 4.28. The van der Waals surface area contributed by atoms with Crippen molar-refractivity contribution >= 4 is 29.1 Å². The molecule has 0 fully saturated rings. The maximum atomic E-state index is 11.4. The fraction of sp³-hybridized carbons (Fsp3) is 0.227. The average Bonchev–Trinajstić information content (AvgIpc) is 2.68. The van der Waals surface area contributed by atoms with Crippen LogP contribution in [0.4, 0.5) is 23.1 Å². The van der Waals surface area contributed by atoms with Crippen molar-refractivity contribution in [1.82, 2.24) is 9.97 Å². The Labute approximate surface area is 164 Å². The largest absolute Gasteiger partial charge is 0.478 e.